The zero-order valence-corrected chi connectivity index (χ0v) is 82.4. The van der Waals surface area contributed by atoms with Crippen LogP contribution < -0.4 is 28.7 Å². The van der Waals surface area contributed by atoms with Gasteiger partial charge in [0, 0.05) is 212 Å². The highest BCUT2D eigenvalue weighted by molar-refractivity contribution is 6.05. The summed E-state index contributed by atoms with van der Waals surface area (Å²) < 4.78 is 159. The molecule has 5 amide bonds. The number of H-pyrrole nitrogens is 1. The lowest BCUT2D eigenvalue weighted by Gasteiger charge is -2.37. The lowest BCUT2D eigenvalue weighted by Crippen LogP contribution is -2.51. The molecule has 5 aliphatic heterocycles. The fraction of sp³-hybridized carbons (Fsp3) is 0.375. The molecular formula is C104H113F10N25O9. The molecule has 15 aromatic rings. The number of benzene rings is 5. The summed E-state index contributed by atoms with van der Waals surface area (Å²) in [6.45, 7) is 14.8. The Balaban J connectivity index is 0.000000132. The van der Waals surface area contributed by atoms with Crippen molar-refractivity contribution in [2.24, 2.45) is 62.8 Å². The Kier molecular flexibility index (Phi) is 32.6. The number of ether oxygens (including phenoxy) is 4. The fourth-order valence-electron chi connectivity index (χ4n) is 19.1. The van der Waals surface area contributed by atoms with Gasteiger partial charge in [-0.15, -0.1) is 0 Å². The first-order chi connectivity index (χ1) is 70.4. The van der Waals surface area contributed by atoms with Crippen molar-refractivity contribution in [3.8, 4) is 55.6 Å². The molecule has 0 saturated carbocycles. The second kappa shape index (κ2) is 45.5. The Morgan fingerprint density at radius 2 is 0.709 bits per heavy atom. The van der Waals surface area contributed by atoms with Gasteiger partial charge in [0.15, 0.2) is 18.3 Å². The van der Waals surface area contributed by atoms with E-state index in [9.17, 15) is 67.9 Å². The van der Waals surface area contributed by atoms with Gasteiger partial charge in [-0.1, -0.05) is 74.5 Å². The number of hydrogen-bond donors (Lipinski definition) is 6. The highest BCUT2D eigenvalue weighted by Gasteiger charge is 2.47. The van der Waals surface area contributed by atoms with Gasteiger partial charge in [-0.05, 0) is 155 Å². The highest BCUT2D eigenvalue weighted by atomic mass is 19.4. The van der Waals surface area contributed by atoms with Crippen LogP contribution in [0.25, 0.3) is 110 Å². The molecule has 34 nitrogen and oxygen atoms in total. The van der Waals surface area contributed by atoms with E-state index in [1.165, 1.54) is 5.56 Å². The van der Waals surface area contributed by atoms with Crippen molar-refractivity contribution in [2.45, 2.75) is 141 Å². The number of nitrogens with two attached hydrogens (primary N) is 5. The van der Waals surface area contributed by atoms with E-state index in [0.717, 1.165) is 168 Å². The van der Waals surface area contributed by atoms with Crippen LogP contribution in [0.2, 0.25) is 0 Å². The van der Waals surface area contributed by atoms with E-state index < -0.39 is 84.8 Å². The van der Waals surface area contributed by atoms with Crippen molar-refractivity contribution in [1.82, 2.24) is 98.7 Å². The molecule has 0 bridgehead atoms. The average molecular weight is 2050 g/mol. The second-order valence-electron chi connectivity index (χ2n) is 38.2. The van der Waals surface area contributed by atoms with Crippen molar-refractivity contribution in [1.29, 1.82) is 0 Å². The number of pyridine rings is 5. The third-order valence-corrected chi connectivity index (χ3v) is 26.0. The molecule has 10 aromatic heterocycles. The SMILES string of the molecule is CC(C)CC1COCCN1Cc1ccc2c(-c3cnn(C)c3)cc(C(N)=O)nc2c1.C[C@@H]1CN(Cc2ccc3c(-c4cnn(C)c4)cc(C(N)=O)nc3c2)C[C@@H](C(F)(F)F)O1.C[C@H]1CN(Cc2ccc3c(-c4cnn(C)c4)cc(C(N)=O)nc3c2)C[C@@H](C(F)(F)F)O1.Cn1cc(-c2cc(C(N)=O)nc3cc(CN4CCC(F)CC4)ccc23)cn1.NC(=O)c1cc(-c2cn[nH]c2)c2ccc(CN3CCOC(C(F)(F)F)C3)cc2n1. The zero-order chi connectivity index (χ0) is 105. The van der Waals surface area contributed by atoms with E-state index in [4.69, 9.17) is 47.6 Å². The molecule has 15 heterocycles. The molecule has 6 atom stereocenters. The van der Waals surface area contributed by atoms with Gasteiger partial charge in [-0.3, -0.25) is 72.3 Å². The summed E-state index contributed by atoms with van der Waals surface area (Å²) in [5, 5.41) is 27.8. The van der Waals surface area contributed by atoms with Gasteiger partial charge in [0.2, 0.25) is 0 Å². The van der Waals surface area contributed by atoms with Crippen LogP contribution in [0.1, 0.15) is 127 Å². The Hall–Kier alpha value is -14.5. The monoisotopic (exact) mass is 2050 g/mol. The molecule has 5 aromatic carbocycles. The Labute approximate surface area is 843 Å². The Bertz CT molecular complexity index is 7150. The van der Waals surface area contributed by atoms with E-state index in [-0.39, 0.29) is 54.7 Å². The smallest absolute Gasteiger partial charge is 0.378 e. The number of nitrogens with zero attached hydrogens (tertiary/aromatic N) is 19. The molecule has 11 N–H and O–H groups in total. The van der Waals surface area contributed by atoms with Gasteiger partial charge >= 0.3 is 18.5 Å². The first-order valence-electron chi connectivity index (χ1n) is 48.0. The molecule has 0 aliphatic carbocycles. The number of aryl methyl sites for hydroxylation is 4. The maximum absolute atomic E-state index is 13.3. The maximum atomic E-state index is 13.3. The van der Waals surface area contributed by atoms with Gasteiger partial charge in [-0.25, -0.2) is 29.3 Å². The summed E-state index contributed by atoms with van der Waals surface area (Å²) in [6, 6.07) is 37.6. The number of carbonyl (C=O) groups excluding carboxylic acids is 5. The topological polar surface area (TPSA) is 433 Å². The third kappa shape index (κ3) is 26.5. The number of aromatic nitrogens is 15. The molecule has 5 fully saturated rings. The average Bonchev–Trinajstić information content (AvgIpc) is 1.41. The lowest BCUT2D eigenvalue weighted by molar-refractivity contribution is -0.252. The highest BCUT2D eigenvalue weighted by Crippen LogP contribution is 2.39. The van der Waals surface area contributed by atoms with E-state index in [2.05, 4.69) is 103 Å². The molecule has 20 rings (SSSR count). The van der Waals surface area contributed by atoms with Gasteiger partial charge in [0.1, 0.15) is 34.6 Å². The minimum absolute atomic E-state index is 0.0203. The number of primary amides is 5. The number of aromatic amines is 1. The van der Waals surface area contributed by atoms with E-state index in [1.807, 2.05) is 87.4 Å². The largest absolute Gasteiger partial charge is 0.415 e. The van der Waals surface area contributed by atoms with E-state index in [0.29, 0.717) is 80.6 Å². The summed E-state index contributed by atoms with van der Waals surface area (Å²) in [5.74, 6) is -2.45. The molecule has 778 valence electrons. The van der Waals surface area contributed by atoms with Gasteiger partial charge < -0.3 is 47.6 Å². The summed E-state index contributed by atoms with van der Waals surface area (Å²) in [7, 11) is 7.30. The first-order valence-corrected chi connectivity index (χ1v) is 48.0. The fourth-order valence-corrected chi connectivity index (χ4v) is 19.1. The van der Waals surface area contributed by atoms with Crippen LogP contribution in [-0.2, 0) is 79.9 Å². The minimum atomic E-state index is -4.41. The zero-order valence-electron chi connectivity index (χ0n) is 82.4. The molecule has 5 aliphatic rings. The van der Waals surface area contributed by atoms with Crippen LogP contribution in [0.4, 0.5) is 43.9 Å². The number of likely N-dealkylation sites (tertiary alicyclic amines) is 1. The summed E-state index contributed by atoms with van der Waals surface area (Å²) in [6.07, 6.45) is -0.386. The number of rotatable bonds is 22. The number of piperidine rings is 1. The Morgan fingerprint density at radius 3 is 1.01 bits per heavy atom. The van der Waals surface area contributed by atoms with E-state index in [1.54, 1.807) is 147 Å². The molecule has 44 heteroatoms. The van der Waals surface area contributed by atoms with Crippen molar-refractivity contribution in [3.05, 3.63) is 240 Å². The summed E-state index contributed by atoms with van der Waals surface area (Å²) in [4.78, 5) is 90.9. The van der Waals surface area contributed by atoms with Crippen LogP contribution in [0.15, 0.2) is 183 Å². The number of alkyl halides is 10. The first kappa shape index (κ1) is 106. The number of nitrogens with one attached hydrogen (secondary N) is 1. The molecule has 148 heavy (non-hydrogen) atoms. The van der Waals surface area contributed by atoms with Crippen LogP contribution in [-0.4, -0.2) is 268 Å². The number of hydrogen-bond acceptors (Lipinski definition) is 24. The van der Waals surface area contributed by atoms with Crippen molar-refractivity contribution < 1.29 is 86.8 Å². The summed E-state index contributed by atoms with van der Waals surface area (Å²) >= 11 is 0. The quantitative estimate of drug-likeness (QED) is 0.0343. The van der Waals surface area contributed by atoms with Gasteiger partial charge in [-0.2, -0.15) is 65.0 Å². The van der Waals surface area contributed by atoms with E-state index >= 15 is 0 Å². The lowest BCUT2D eigenvalue weighted by atomic mass is 9.99. The van der Waals surface area contributed by atoms with Gasteiger partial charge in [0.05, 0.1) is 90.6 Å². The van der Waals surface area contributed by atoms with Crippen molar-refractivity contribution >= 4 is 84.1 Å². The van der Waals surface area contributed by atoms with Crippen LogP contribution in [0, 0.1) is 5.92 Å². The number of fused-ring (bicyclic) bond motifs is 5. The van der Waals surface area contributed by atoms with Crippen LogP contribution in [0.5, 0.6) is 0 Å². The predicted molar refractivity (Wildman–Crippen MR) is 534 cm³/mol. The Morgan fingerprint density at radius 1 is 0.392 bits per heavy atom. The second-order valence-corrected chi connectivity index (χ2v) is 38.2. The number of halogens is 10. The van der Waals surface area contributed by atoms with Crippen molar-refractivity contribution in [2.75, 3.05) is 78.7 Å². The molecule has 2 unspecified atom stereocenters. The third-order valence-electron chi connectivity index (χ3n) is 26.0. The van der Waals surface area contributed by atoms with Gasteiger partial charge in [0.25, 0.3) is 29.5 Å². The maximum Gasteiger partial charge on any atom is 0.415 e. The predicted octanol–water partition coefficient (Wildman–Crippen LogP) is 13.9. The number of amides is 5. The molecule has 0 radical (unpaired) electrons. The molecule has 5 saturated heterocycles. The van der Waals surface area contributed by atoms with Crippen LogP contribution >= 0.6 is 0 Å². The number of carbonyl (C=O) groups is 5. The standard InChI is InChI=1S/C23H29N5O2.2C21H22F3N5O2.C20H22FN5O.C19H18F3N5O2/c1-15(2)8-18-14-30-7-6-28(18)12-16-4-5-19-20(17-11-25-27(3)13-17)10-22(23(24)29)26-21(19)9-16;2*1-12-8-29(11-19(31-12)21(22,23)24)9-13-3-4-15-16(14-7-26-28(2)10-14)6-18(20(25)30)27-17(15)5-13;1-25-12-14(10-23-25)17-9-19(20(22)27)24-18-8-13(2-3-16(17)18)11-26-6-4-15(21)5-7-26;20-19(21,22)17-10-27(3-4-29-17)9-11-1-2-13-14(12-7-24-25-8-12)6-16(18(23)28)26-15(13)5-11/h4-5,9-11,13,15,18H,6-8,12,14H2,1-3H3,(H2,24,29);2*3-7,10,12,19H,8-9,11H2,1-2H3,(H2,25,30);2-3,8-10,12,15H,4-7,11H2,1H3,(H2,22,27);1-2,5-8,17H,3-4,9-10H2,(H2,23,28)(H,24,25)/t;12-,19+;12-,19-;;/m.10../s1. The normalized spacial score (nSPS) is 18.6. The molecule has 0 spiro atoms. The molecular weight excluding hydrogens is 1930 g/mol. The van der Waals surface area contributed by atoms with Crippen LogP contribution in [0.3, 0.4) is 0 Å². The van der Waals surface area contributed by atoms with Crippen molar-refractivity contribution in [3.63, 3.8) is 0 Å². The summed E-state index contributed by atoms with van der Waals surface area (Å²) in [5.41, 5.74) is 44.3. The number of morpholine rings is 4. The minimum Gasteiger partial charge on any atom is -0.378 e.